The van der Waals surface area contributed by atoms with E-state index in [-0.39, 0.29) is 22.3 Å². The predicted octanol–water partition coefficient (Wildman–Crippen LogP) is 2.27. The molecule has 9 nitrogen and oxygen atoms in total. The second-order valence-electron chi connectivity index (χ2n) is 13.4. The van der Waals surface area contributed by atoms with Crippen LogP contribution < -0.4 is 16.0 Å². The van der Waals surface area contributed by atoms with Gasteiger partial charge in [-0.2, -0.15) is 0 Å². The maximum Gasteiger partial charge on any atom is 0.252 e. The van der Waals surface area contributed by atoms with Gasteiger partial charge in [-0.25, -0.2) is 0 Å². The van der Waals surface area contributed by atoms with Crippen molar-refractivity contribution in [1.29, 1.82) is 0 Å². The number of rotatable bonds is 6. The van der Waals surface area contributed by atoms with E-state index in [2.05, 4.69) is 32.2 Å². The Bertz CT molecular complexity index is 1350. The van der Waals surface area contributed by atoms with Gasteiger partial charge in [-0.05, 0) is 80.4 Å². The number of anilines is 1. The molecule has 3 aliphatic carbocycles. The van der Waals surface area contributed by atoms with Gasteiger partial charge in [0.05, 0.1) is 5.57 Å². The van der Waals surface area contributed by atoms with Crippen LogP contribution in [0.3, 0.4) is 0 Å². The molecule has 1 aromatic rings. The summed E-state index contributed by atoms with van der Waals surface area (Å²) in [6, 6.07) is 1.59. The van der Waals surface area contributed by atoms with Crippen LogP contribution in [0.4, 0.5) is 5.69 Å². The summed E-state index contributed by atoms with van der Waals surface area (Å²) in [4.78, 5) is 44.0. The molecule has 9 heteroatoms. The number of aliphatic hydroxyl groups excluding tert-OH is 1. The van der Waals surface area contributed by atoms with Crippen LogP contribution in [0, 0.1) is 24.2 Å². The Morgan fingerprint density at radius 2 is 1.77 bits per heavy atom. The van der Waals surface area contributed by atoms with Crippen molar-refractivity contribution in [2.24, 2.45) is 23.0 Å². The summed E-state index contributed by atoms with van der Waals surface area (Å²) in [6.07, 6.45) is 0.775. The molecule has 0 aliphatic heterocycles. The molecule has 0 heterocycles. The SMILES string of the molecule is CC1=C(C(N)=O)C(=O)[C@@]2(O)C(=O)C3=C(O)c4c(C)c(CNCC(C)(C)C)cc(N(C)C)c4C[C@H]3C[C@H]2C1N(C)C. The number of nitrogens with two attached hydrogens (primary N) is 1. The summed E-state index contributed by atoms with van der Waals surface area (Å²) in [6.45, 7) is 11.4. The first kappa shape index (κ1) is 30.0. The number of fused-ring (bicyclic) bond motifs is 3. The molecule has 4 rings (SSSR count). The molecule has 218 valence electrons. The monoisotopic (exact) mass is 552 g/mol. The maximum absolute atomic E-state index is 14.2. The number of ketones is 2. The van der Waals surface area contributed by atoms with E-state index < -0.39 is 41.0 Å². The van der Waals surface area contributed by atoms with E-state index >= 15 is 0 Å². The number of hydrogen-bond acceptors (Lipinski definition) is 8. The Morgan fingerprint density at radius 1 is 1.15 bits per heavy atom. The third-order valence-corrected chi connectivity index (χ3v) is 8.84. The first-order valence-corrected chi connectivity index (χ1v) is 13.9. The van der Waals surface area contributed by atoms with E-state index in [1.54, 1.807) is 21.0 Å². The number of carbonyl (C=O) groups is 3. The van der Waals surface area contributed by atoms with Gasteiger partial charge in [0.1, 0.15) is 5.76 Å². The van der Waals surface area contributed by atoms with Crippen molar-refractivity contribution in [3.05, 3.63) is 45.0 Å². The van der Waals surface area contributed by atoms with Crippen LogP contribution in [0.15, 0.2) is 22.8 Å². The minimum absolute atomic E-state index is 0.0630. The summed E-state index contributed by atoms with van der Waals surface area (Å²) in [7, 11) is 7.49. The third-order valence-electron chi connectivity index (χ3n) is 8.84. The largest absolute Gasteiger partial charge is 0.507 e. The smallest absolute Gasteiger partial charge is 0.252 e. The number of aliphatic hydroxyl groups is 2. The van der Waals surface area contributed by atoms with E-state index in [9.17, 15) is 24.6 Å². The highest BCUT2D eigenvalue weighted by Gasteiger charge is 2.64. The number of nitrogens with zero attached hydrogens (tertiary/aromatic N) is 2. The van der Waals surface area contributed by atoms with Crippen molar-refractivity contribution in [1.82, 2.24) is 10.2 Å². The van der Waals surface area contributed by atoms with E-state index in [1.807, 2.05) is 30.8 Å². The number of benzene rings is 1. The quantitative estimate of drug-likeness (QED) is 0.312. The van der Waals surface area contributed by atoms with Crippen LogP contribution in [0.2, 0.25) is 0 Å². The average molecular weight is 553 g/mol. The molecule has 0 bridgehead atoms. The average Bonchev–Trinajstić information content (AvgIpc) is 2.81. The molecule has 40 heavy (non-hydrogen) atoms. The van der Waals surface area contributed by atoms with Crippen molar-refractivity contribution in [2.45, 2.75) is 65.6 Å². The fourth-order valence-corrected chi connectivity index (χ4v) is 7.08. The molecule has 0 radical (unpaired) electrons. The van der Waals surface area contributed by atoms with Crippen LogP contribution >= 0.6 is 0 Å². The zero-order valence-electron chi connectivity index (χ0n) is 25.2. The normalized spacial score (nSPS) is 26.6. The van der Waals surface area contributed by atoms with Crippen molar-refractivity contribution in [3.8, 4) is 0 Å². The second kappa shape index (κ2) is 10.1. The summed E-state index contributed by atoms with van der Waals surface area (Å²) in [5.74, 6) is -4.15. The minimum Gasteiger partial charge on any atom is -0.507 e. The molecule has 3 aliphatic rings. The molecule has 0 saturated heterocycles. The molecule has 1 amide bonds. The Kier molecular flexibility index (Phi) is 7.58. The Balaban J connectivity index is 1.90. The van der Waals surface area contributed by atoms with Gasteiger partial charge in [0.25, 0.3) is 5.91 Å². The molecular weight excluding hydrogens is 508 g/mol. The third kappa shape index (κ3) is 4.58. The van der Waals surface area contributed by atoms with Crippen molar-refractivity contribution >= 4 is 28.9 Å². The van der Waals surface area contributed by atoms with Gasteiger partial charge < -0.3 is 31.1 Å². The summed E-state index contributed by atoms with van der Waals surface area (Å²) in [5.41, 5.74) is 7.70. The fourth-order valence-electron chi connectivity index (χ4n) is 7.08. The van der Waals surface area contributed by atoms with Crippen molar-refractivity contribution in [2.75, 3.05) is 39.6 Å². The molecular formula is C31H44N4O5. The number of hydrogen-bond donors (Lipinski definition) is 4. The lowest BCUT2D eigenvalue weighted by molar-refractivity contribution is -0.160. The molecule has 1 aromatic carbocycles. The molecule has 1 fully saturated rings. The second-order valence-corrected chi connectivity index (χ2v) is 13.4. The van der Waals surface area contributed by atoms with Crippen LogP contribution in [0.1, 0.15) is 56.4 Å². The predicted molar refractivity (Wildman–Crippen MR) is 156 cm³/mol. The van der Waals surface area contributed by atoms with Crippen LogP contribution in [0.5, 0.6) is 0 Å². The van der Waals surface area contributed by atoms with Crippen molar-refractivity contribution < 1.29 is 24.6 Å². The highest BCUT2D eigenvalue weighted by atomic mass is 16.3. The van der Waals surface area contributed by atoms with Gasteiger partial charge in [-0.15, -0.1) is 0 Å². The lowest BCUT2D eigenvalue weighted by Crippen LogP contribution is -2.67. The fraction of sp³-hybridized carbons (Fsp3) is 0.581. The molecule has 1 unspecified atom stereocenters. The van der Waals surface area contributed by atoms with Gasteiger partial charge in [0.2, 0.25) is 11.6 Å². The number of likely N-dealkylation sites (N-methyl/N-ethyl adjacent to an activating group) is 1. The summed E-state index contributed by atoms with van der Waals surface area (Å²) >= 11 is 0. The molecule has 0 aromatic heterocycles. The van der Waals surface area contributed by atoms with Gasteiger partial charge in [-0.3, -0.25) is 14.4 Å². The number of nitrogens with one attached hydrogen (secondary N) is 1. The van der Waals surface area contributed by atoms with Crippen LogP contribution in [-0.4, -0.2) is 79.0 Å². The highest BCUT2D eigenvalue weighted by Crippen LogP contribution is 2.52. The zero-order chi connectivity index (χ0) is 30.1. The number of carbonyl (C=O) groups excluding carboxylic acids is 3. The standard InChI is InChI=1S/C31H44N4O5/c1-15-18(13-33-14-30(3,4)5)12-21(34(6)7)19-10-17-11-20-25(35(8)9)16(2)23(29(32)39)27(37)31(20,40)28(38)24(17)26(36)22(15)19/h12,17,20,25,33,36,40H,10-11,13-14H2,1-9H3,(H2,32,39)/t17-,20-,25?,31+/m0/s1. The van der Waals surface area contributed by atoms with Gasteiger partial charge in [-0.1, -0.05) is 20.8 Å². The molecule has 5 N–H and O–H groups in total. The number of primary amides is 1. The molecule has 1 saturated carbocycles. The van der Waals surface area contributed by atoms with Gasteiger partial charge in [0, 0.05) is 56.0 Å². The van der Waals surface area contributed by atoms with Crippen LogP contribution in [-0.2, 0) is 27.3 Å². The molecule has 0 spiro atoms. The lowest BCUT2D eigenvalue weighted by Gasteiger charge is -2.51. The first-order valence-electron chi connectivity index (χ1n) is 13.9. The van der Waals surface area contributed by atoms with E-state index in [4.69, 9.17) is 5.73 Å². The minimum atomic E-state index is -2.49. The van der Waals surface area contributed by atoms with Crippen LogP contribution in [0.25, 0.3) is 5.76 Å². The molecule has 4 atom stereocenters. The van der Waals surface area contributed by atoms with Crippen molar-refractivity contribution in [3.63, 3.8) is 0 Å². The van der Waals surface area contributed by atoms with Gasteiger partial charge in [0.15, 0.2) is 5.60 Å². The van der Waals surface area contributed by atoms with E-state index in [1.165, 1.54) is 0 Å². The lowest BCUT2D eigenvalue weighted by atomic mass is 9.56. The van der Waals surface area contributed by atoms with E-state index in [0.29, 0.717) is 30.5 Å². The number of amides is 1. The summed E-state index contributed by atoms with van der Waals surface area (Å²) in [5, 5.41) is 27.2. The zero-order valence-corrected chi connectivity index (χ0v) is 25.2. The summed E-state index contributed by atoms with van der Waals surface area (Å²) < 4.78 is 0. The van der Waals surface area contributed by atoms with E-state index in [0.717, 1.165) is 28.9 Å². The first-order chi connectivity index (χ1) is 18.4. The maximum atomic E-state index is 14.2. The Hall–Kier alpha value is -3.01. The Morgan fingerprint density at radius 3 is 2.30 bits per heavy atom. The van der Waals surface area contributed by atoms with Gasteiger partial charge >= 0.3 is 0 Å². The number of Topliss-reactive ketones (excluding diaryl/α,β-unsaturated/α-hetero) is 2. The Labute approximate surface area is 237 Å². The topological polar surface area (TPSA) is 136 Å². The highest BCUT2D eigenvalue weighted by molar-refractivity contribution is 6.33.